The molecule has 0 bridgehead atoms. The first-order valence-corrected chi connectivity index (χ1v) is 9.56. The standard InChI is InChI=1S/C22H27N3O2/c1-4-24(5-2)19-10-11-20(16(3)14-19)23-21(26)22(27)25-13-12-17-8-6-7-9-18(17)15-25/h6-11,14H,4-5,12-13,15H2,1-3H3,(H,23,26). The van der Waals surface area contributed by atoms with Gasteiger partial charge in [-0.3, -0.25) is 9.59 Å². The molecule has 0 unspecified atom stereocenters. The van der Waals surface area contributed by atoms with Gasteiger partial charge in [-0.05, 0) is 62.1 Å². The second kappa shape index (κ2) is 8.25. The number of carbonyl (C=O) groups excluding carboxylic acids is 2. The lowest BCUT2D eigenvalue weighted by molar-refractivity contribution is -0.143. The molecule has 1 N–H and O–H groups in total. The second-order valence-electron chi connectivity index (χ2n) is 6.87. The van der Waals surface area contributed by atoms with E-state index in [9.17, 15) is 9.59 Å². The van der Waals surface area contributed by atoms with Gasteiger partial charge in [-0.1, -0.05) is 24.3 Å². The summed E-state index contributed by atoms with van der Waals surface area (Å²) in [7, 11) is 0. The smallest absolute Gasteiger partial charge is 0.313 e. The Hall–Kier alpha value is -2.82. The van der Waals surface area contributed by atoms with Gasteiger partial charge < -0.3 is 15.1 Å². The Morgan fingerprint density at radius 3 is 2.44 bits per heavy atom. The third-order valence-electron chi connectivity index (χ3n) is 5.20. The summed E-state index contributed by atoms with van der Waals surface area (Å²) in [5, 5.41) is 2.78. The molecule has 0 aromatic heterocycles. The highest BCUT2D eigenvalue weighted by Gasteiger charge is 2.26. The zero-order valence-electron chi connectivity index (χ0n) is 16.3. The van der Waals surface area contributed by atoms with E-state index in [1.54, 1.807) is 4.90 Å². The molecule has 1 heterocycles. The van der Waals surface area contributed by atoms with Crippen molar-refractivity contribution >= 4 is 23.2 Å². The Morgan fingerprint density at radius 2 is 1.78 bits per heavy atom. The molecule has 3 rings (SSSR count). The molecule has 142 valence electrons. The third kappa shape index (κ3) is 4.13. The monoisotopic (exact) mass is 365 g/mol. The molecule has 2 aromatic rings. The van der Waals surface area contributed by atoms with Crippen LogP contribution >= 0.6 is 0 Å². The van der Waals surface area contributed by atoms with Crippen LogP contribution in [-0.4, -0.2) is 36.3 Å². The fourth-order valence-corrected chi connectivity index (χ4v) is 3.56. The van der Waals surface area contributed by atoms with Crippen molar-refractivity contribution in [3.05, 3.63) is 59.2 Å². The first-order chi connectivity index (χ1) is 13.0. The molecular formula is C22H27N3O2. The molecule has 0 aliphatic carbocycles. The van der Waals surface area contributed by atoms with Crippen molar-refractivity contribution in [2.75, 3.05) is 29.9 Å². The van der Waals surface area contributed by atoms with Gasteiger partial charge in [0.05, 0.1) is 0 Å². The van der Waals surface area contributed by atoms with Crippen molar-refractivity contribution in [1.29, 1.82) is 0 Å². The first kappa shape index (κ1) is 19.0. The predicted octanol–water partition coefficient (Wildman–Crippen LogP) is 3.36. The normalized spacial score (nSPS) is 13.1. The van der Waals surface area contributed by atoms with E-state index in [0.29, 0.717) is 18.8 Å². The molecule has 0 atom stereocenters. The Morgan fingerprint density at radius 1 is 1.07 bits per heavy atom. The molecule has 0 spiro atoms. The molecule has 1 aliphatic heterocycles. The number of hydrogen-bond donors (Lipinski definition) is 1. The van der Waals surface area contributed by atoms with Crippen molar-refractivity contribution in [3.63, 3.8) is 0 Å². The maximum atomic E-state index is 12.6. The van der Waals surface area contributed by atoms with Gasteiger partial charge in [-0.25, -0.2) is 0 Å². The number of carbonyl (C=O) groups is 2. The summed E-state index contributed by atoms with van der Waals surface area (Å²) in [4.78, 5) is 29.0. The van der Waals surface area contributed by atoms with Crippen LogP contribution in [0.4, 0.5) is 11.4 Å². The molecule has 0 saturated carbocycles. The van der Waals surface area contributed by atoms with Crippen LogP contribution in [0.2, 0.25) is 0 Å². The second-order valence-corrected chi connectivity index (χ2v) is 6.87. The van der Waals surface area contributed by atoms with E-state index in [4.69, 9.17) is 0 Å². The minimum atomic E-state index is -0.576. The molecule has 2 amide bonds. The summed E-state index contributed by atoms with van der Waals surface area (Å²) in [6, 6.07) is 14.0. The van der Waals surface area contributed by atoms with Crippen molar-refractivity contribution < 1.29 is 9.59 Å². The van der Waals surface area contributed by atoms with E-state index in [0.717, 1.165) is 36.3 Å². The maximum absolute atomic E-state index is 12.6. The van der Waals surface area contributed by atoms with E-state index in [-0.39, 0.29) is 0 Å². The predicted molar refractivity (Wildman–Crippen MR) is 109 cm³/mol. The largest absolute Gasteiger partial charge is 0.372 e. The fraction of sp³-hybridized carbons (Fsp3) is 0.364. The zero-order valence-corrected chi connectivity index (χ0v) is 16.3. The molecule has 5 nitrogen and oxygen atoms in total. The summed E-state index contributed by atoms with van der Waals surface area (Å²) < 4.78 is 0. The Kier molecular flexibility index (Phi) is 5.79. The zero-order chi connectivity index (χ0) is 19.4. The lowest BCUT2D eigenvalue weighted by Gasteiger charge is -2.28. The van der Waals surface area contributed by atoms with Crippen LogP contribution in [-0.2, 0) is 22.6 Å². The highest BCUT2D eigenvalue weighted by molar-refractivity contribution is 6.39. The van der Waals surface area contributed by atoms with Crippen LogP contribution in [0.25, 0.3) is 0 Å². The summed E-state index contributed by atoms with van der Waals surface area (Å²) in [5.41, 5.74) is 5.12. The van der Waals surface area contributed by atoms with Gasteiger partial charge in [0.25, 0.3) is 0 Å². The van der Waals surface area contributed by atoms with Crippen molar-refractivity contribution in [3.8, 4) is 0 Å². The maximum Gasteiger partial charge on any atom is 0.313 e. The van der Waals surface area contributed by atoms with Crippen LogP contribution in [0.1, 0.15) is 30.5 Å². The van der Waals surface area contributed by atoms with Crippen LogP contribution in [0.5, 0.6) is 0 Å². The van der Waals surface area contributed by atoms with Gasteiger partial charge in [-0.2, -0.15) is 0 Å². The number of nitrogens with zero attached hydrogens (tertiary/aromatic N) is 2. The molecule has 5 heteroatoms. The molecule has 2 aromatic carbocycles. The molecule has 0 saturated heterocycles. The average molecular weight is 365 g/mol. The molecule has 0 radical (unpaired) electrons. The van der Waals surface area contributed by atoms with Crippen LogP contribution in [0.15, 0.2) is 42.5 Å². The van der Waals surface area contributed by atoms with Crippen LogP contribution < -0.4 is 10.2 Å². The van der Waals surface area contributed by atoms with E-state index < -0.39 is 11.8 Å². The van der Waals surface area contributed by atoms with Crippen molar-refractivity contribution in [1.82, 2.24) is 4.90 Å². The van der Waals surface area contributed by atoms with Gasteiger partial charge in [0.15, 0.2) is 0 Å². The Balaban J connectivity index is 1.68. The van der Waals surface area contributed by atoms with Crippen LogP contribution in [0.3, 0.4) is 0 Å². The SMILES string of the molecule is CCN(CC)c1ccc(NC(=O)C(=O)N2CCc3ccccc3C2)c(C)c1. The number of benzene rings is 2. The topological polar surface area (TPSA) is 52.7 Å². The number of rotatable bonds is 4. The number of fused-ring (bicyclic) bond motifs is 1. The van der Waals surface area contributed by atoms with Gasteiger partial charge in [0.2, 0.25) is 0 Å². The highest BCUT2D eigenvalue weighted by atomic mass is 16.2. The van der Waals surface area contributed by atoms with Crippen LogP contribution in [0, 0.1) is 6.92 Å². The number of anilines is 2. The van der Waals surface area contributed by atoms with E-state index in [1.807, 2.05) is 43.3 Å². The summed E-state index contributed by atoms with van der Waals surface area (Å²) >= 11 is 0. The Bertz CT molecular complexity index is 843. The molecular weight excluding hydrogens is 338 g/mol. The van der Waals surface area contributed by atoms with Crippen molar-refractivity contribution in [2.45, 2.75) is 33.7 Å². The van der Waals surface area contributed by atoms with E-state index >= 15 is 0 Å². The fourth-order valence-electron chi connectivity index (χ4n) is 3.56. The summed E-state index contributed by atoms with van der Waals surface area (Å²) in [6.07, 6.45) is 0.785. The third-order valence-corrected chi connectivity index (χ3v) is 5.20. The lowest BCUT2D eigenvalue weighted by atomic mass is 10.00. The van der Waals surface area contributed by atoms with Gasteiger partial charge in [-0.15, -0.1) is 0 Å². The molecule has 27 heavy (non-hydrogen) atoms. The van der Waals surface area contributed by atoms with E-state index in [2.05, 4.69) is 30.1 Å². The molecule has 0 fully saturated rings. The van der Waals surface area contributed by atoms with Gasteiger partial charge >= 0.3 is 11.8 Å². The number of amides is 2. The lowest BCUT2D eigenvalue weighted by Crippen LogP contribution is -2.42. The summed E-state index contributed by atoms with van der Waals surface area (Å²) in [5.74, 6) is -1.05. The van der Waals surface area contributed by atoms with Gasteiger partial charge in [0.1, 0.15) is 0 Å². The highest BCUT2D eigenvalue weighted by Crippen LogP contribution is 2.23. The number of hydrogen-bond acceptors (Lipinski definition) is 3. The minimum absolute atomic E-state index is 0.475. The quantitative estimate of drug-likeness (QED) is 0.846. The van der Waals surface area contributed by atoms with Crippen molar-refractivity contribution in [2.24, 2.45) is 0 Å². The number of nitrogens with one attached hydrogen (secondary N) is 1. The molecule has 1 aliphatic rings. The number of aryl methyl sites for hydroxylation is 1. The average Bonchev–Trinajstić information content (AvgIpc) is 2.69. The summed E-state index contributed by atoms with van der Waals surface area (Å²) in [6.45, 7) is 9.09. The Labute approximate surface area is 161 Å². The van der Waals surface area contributed by atoms with Gasteiger partial charge in [0, 0.05) is 37.6 Å². The first-order valence-electron chi connectivity index (χ1n) is 9.56. The minimum Gasteiger partial charge on any atom is -0.372 e. The van der Waals surface area contributed by atoms with E-state index in [1.165, 1.54) is 5.56 Å².